The van der Waals surface area contributed by atoms with E-state index in [9.17, 15) is 32.7 Å². The fourth-order valence-corrected chi connectivity index (χ4v) is 3.88. The molecule has 1 aromatic heterocycles. The summed E-state index contributed by atoms with van der Waals surface area (Å²) in [6, 6.07) is 1.68. The smallest absolute Gasteiger partial charge is 0.465 e. The van der Waals surface area contributed by atoms with Crippen molar-refractivity contribution < 1.29 is 32.7 Å². The number of fused-ring (bicyclic) bond motifs is 1. The van der Waals surface area contributed by atoms with Crippen LogP contribution in [0, 0.1) is 12.3 Å². The molecule has 3 atom stereocenters. The zero-order valence-corrected chi connectivity index (χ0v) is 16.1. The SMILES string of the molecule is Cc1ccc(Br)nc1NC(=O)C1CC2(CNC(=O)C(F)(F)F)CC2N1C(=O)O. The number of hydrogen-bond donors (Lipinski definition) is 3. The molecule has 0 spiro atoms. The van der Waals surface area contributed by atoms with Gasteiger partial charge in [-0.15, -0.1) is 0 Å². The fraction of sp³-hybridized carbons (Fsp3) is 0.500. The highest BCUT2D eigenvalue weighted by molar-refractivity contribution is 9.10. The molecule has 0 radical (unpaired) electrons. The monoisotopic (exact) mass is 464 g/mol. The van der Waals surface area contributed by atoms with Crippen molar-refractivity contribution in [2.24, 2.45) is 5.41 Å². The number of piperidine rings is 1. The molecule has 0 bridgehead atoms. The number of carboxylic acid groups (broad SMARTS) is 1. The summed E-state index contributed by atoms with van der Waals surface area (Å²) < 4.78 is 37.7. The third-order valence-electron chi connectivity index (χ3n) is 5.10. The molecule has 1 saturated heterocycles. The third kappa shape index (κ3) is 3.77. The molecule has 2 fully saturated rings. The minimum Gasteiger partial charge on any atom is -0.465 e. The minimum atomic E-state index is -5.02. The highest BCUT2D eigenvalue weighted by Gasteiger charge is 2.67. The Morgan fingerprint density at radius 1 is 1.36 bits per heavy atom. The number of nitrogens with zero attached hydrogens (tertiary/aromatic N) is 2. The van der Waals surface area contributed by atoms with Crippen molar-refractivity contribution in [3.8, 4) is 0 Å². The van der Waals surface area contributed by atoms with Crippen LogP contribution in [0.25, 0.3) is 0 Å². The molecule has 0 aromatic carbocycles. The van der Waals surface area contributed by atoms with Crippen molar-refractivity contribution >= 4 is 39.7 Å². The number of carbonyl (C=O) groups excluding carboxylic acids is 2. The van der Waals surface area contributed by atoms with Gasteiger partial charge in [0.1, 0.15) is 16.5 Å². The number of pyridine rings is 1. The molecule has 3 N–H and O–H groups in total. The summed E-state index contributed by atoms with van der Waals surface area (Å²) in [7, 11) is 0. The van der Waals surface area contributed by atoms with Gasteiger partial charge in [0.05, 0.1) is 0 Å². The van der Waals surface area contributed by atoms with Crippen molar-refractivity contribution in [3.63, 3.8) is 0 Å². The van der Waals surface area contributed by atoms with Gasteiger partial charge in [0.15, 0.2) is 0 Å². The maximum absolute atomic E-state index is 12.7. The lowest BCUT2D eigenvalue weighted by atomic mass is 9.99. The first kappa shape index (κ1) is 20.4. The van der Waals surface area contributed by atoms with Gasteiger partial charge in [0.2, 0.25) is 5.91 Å². The van der Waals surface area contributed by atoms with Gasteiger partial charge in [-0.25, -0.2) is 9.78 Å². The second kappa shape index (κ2) is 6.90. The molecule has 1 saturated carbocycles. The van der Waals surface area contributed by atoms with Crippen LogP contribution >= 0.6 is 15.9 Å². The molecule has 2 aliphatic rings. The summed E-state index contributed by atoms with van der Waals surface area (Å²) in [6.45, 7) is 1.36. The van der Waals surface area contributed by atoms with Gasteiger partial charge in [0.25, 0.3) is 0 Å². The molecule has 152 valence electrons. The average Bonchev–Trinajstić information content (AvgIpc) is 3.18. The molecular weight excluding hydrogens is 449 g/mol. The van der Waals surface area contributed by atoms with E-state index in [1.54, 1.807) is 24.4 Å². The molecule has 1 aromatic rings. The van der Waals surface area contributed by atoms with E-state index in [0.717, 1.165) is 4.90 Å². The number of aromatic nitrogens is 1. The van der Waals surface area contributed by atoms with Crippen LogP contribution in [0.4, 0.5) is 23.8 Å². The summed E-state index contributed by atoms with van der Waals surface area (Å²) >= 11 is 3.18. The van der Waals surface area contributed by atoms with E-state index in [1.807, 2.05) is 0 Å². The van der Waals surface area contributed by atoms with E-state index >= 15 is 0 Å². The second-order valence-electron chi connectivity index (χ2n) is 6.96. The molecule has 3 rings (SSSR count). The van der Waals surface area contributed by atoms with Crippen molar-refractivity contribution in [2.45, 2.75) is 38.0 Å². The van der Waals surface area contributed by atoms with Gasteiger partial charge in [-0.1, -0.05) is 6.07 Å². The average molecular weight is 465 g/mol. The number of rotatable bonds is 4. The maximum Gasteiger partial charge on any atom is 0.471 e. The number of likely N-dealkylation sites (tertiary alicyclic amines) is 1. The summed E-state index contributed by atoms with van der Waals surface area (Å²) in [5.41, 5.74) is -0.213. The second-order valence-corrected chi connectivity index (χ2v) is 7.77. The molecule has 2 heterocycles. The van der Waals surface area contributed by atoms with Gasteiger partial charge >= 0.3 is 18.2 Å². The van der Waals surface area contributed by atoms with Crippen LogP contribution in [-0.2, 0) is 9.59 Å². The lowest BCUT2D eigenvalue weighted by Crippen LogP contribution is -2.45. The molecular formula is C16H16BrF3N4O4. The molecule has 3 amide bonds. The number of carbonyl (C=O) groups is 3. The third-order valence-corrected chi connectivity index (χ3v) is 5.55. The van der Waals surface area contributed by atoms with E-state index in [-0.39, 0.29) is 25.2 Å². The molecule has 1 aliphatic carbocycles. The van der Waals surface area contributed by atoms with Crippen LogP contribution in [-0.4, -0.2) is 57.7 Å². The van der Waals surface area contributed by atoms with Crippen LogP contribution in [0.3, 0.4) is 0 Å². The highest BCUT2D eigenvalue weighted by atomic mass is 79.9. The summed E-state index contributed by atoms with van der Waals surface area (Å²) in [5.74, 6) is -2.45. The minimum absolute atomic E-state index is 0.0149. The lowest BCUT2D eigenvalue weighted by molar-refractivity contribution is -0.173. The molecule has 12 heteroatoms. The fourth-order valence-electron chi connectivity index (χ4n) is 3.58. The van der Waals surface area contributed by atoms with E-state index in [4.69, 9.17) is 0 Å². The zero-order chi connectivity index (χ0) is 20.9. The van der Waals surface area contributed by atoms with Gasteiger partial charge < -0.3 is 15.7 Å². The van der Waals surface area contributed by atoms with E-state index in [1.165, 1.54) is 0 Å². The van der Waals surface area contributed by atoms with Crippen LogP contribution in [0.1, 0.15) is 18.4 Å². The number of hydrogen-bond acceptors (Lipinski definition) is 4. The van der Waals surface area contributed by atoms with Gasteiger partial charge in [0, 0.05) is 18.0 Å². The lowest BCUT2D eigenvalue weighted by Gasteiger charge is -2.24. The Morgan fingerprint density at radius 3 is 2.64 bits per heavy atom. The Kier molecular flexibility index (Phi) is 5.02. The predicted octanol–water partition coefficient (Wildman–Crippen LogP) is 2.28. The van der Waals surface area contributed by atoms with Crippen LogP contribution in [0.5, 0.6) is 0 Å². The normalized spacial score (nSPS) is 25.8. The van der Waals surface area contributed by atoms with Gasteiger partial charge in [-0.05, 0) is 47.3 Å². The molecule has 28 heavy (non-hydrogen) atoms. The number of aryl methyl sites for hydroxylation is 1. The maximum atomic E-state index is 12.7. The van der Waals surface area contributed by atoms with Crippen molar-refractivity contribution in [1.82, 2.24) is 15.2 Å². The zero-order valence-electron chi connectivity index (χ0n) is 14.5. The predicted molar refractivity (Wildman–Crippen MR) is 93.5 cm³/mol. The Hall–Kier alpha value is -2.37. The number of nitrogens with one attached hydrogen (secondary N) is 2. The largest absolute Gasteiger partial charge is 0.471 e. The molecule has 8 nitrogen and oxygen atoms in total. The Labute approximate surface area is 165 Å². The number of amides is 3. The number of alkyl halides is 3. The number of anilines is 1. The number of halogens is 4. The molecule has 1 aliphatic heterocycles. The van der Waals surface area contributed by atoms with Crippen molar-refractivity contribution in [3.05, 3.63) is 22.3 Å². The highest BCUT2D eigenvalue weighted by Crippen LogP contribution is 2.59. The van der Waals surface area contributed by atoms with E-state index < -0.39 is 41.6 Å². The van der Waals surface area contributed by atoms with Crippen molar-refractivity contribution in [2.75, 3.05) is 11.9 Å². The van der Waals surface area contributed by atoms with Crippen LogP contribution in [0.15, 0.2) is 16.7 Å². The Balaban J connectivity index is 1.73. The first-order valence-electron chi connectivity index (χ1n) is 8.25. The Bertz CT molecular complexity index is 850. The van der Waals surface area contributed by atoms with Crippen LogP contribution in [0.2, 0.25) is 0 Å². The first-order chi connectivity index (χ1) is 12.9. The topological polar surface area (TPSA) is 112 Å². The standard InChI is InChI=1S/C16H16BrF3N4O4/c1-7-2-3-10(17)22-11(7)23-12(25)8-4-15(5-9(15)24(8)14(27)28)6-21-13(26)16(18,19)20/h2-3,8-9H,4-6H2,1H3,(H,21,26)(H,27,28)(H,22,23,25). The van der Waals surface area contributed by atoms with Crippen LogP contribution < -0.4 is 10.6 Å². The van der Waals surface area contributed by atoms with Gasteiger partial charge in [-0.2, -0.15) is 13.2 Å². The summed E-state index contributed by atoms with van der Waals surface area (Å²) in [4.78, 5) is 40.4. The first-order valence-corrected chi connectivity index (χ1v) is 9.04. The summed E-state index contributed by atoms with van der Waals surface area (Å²) in [5, 5.41) is 13.8. The summed E-state index contributed by atoms with van der Waals surface area (Å²) in [6.07, 6.45) is -6.06. The van der Waals surface area contributed by atoms with Crippen molar-refractivity contribution in [1.29, 1.82) is 0 Å². The molecule has 3 unspecified atom stereocenters. The van der Waals surface area contributed by atoms with Gasteiger partial charge in [-0.3, -0.25) is 14.5 Å². The quantitative estimate of drug-likeness (QED) is 0.591. The Morgan fingerprint density at radius 2 is 2.04 bits per heavy atom. The van der Waals surface area contributed by atoms with E-state index in [2.05, 4.69) is 26.2 Å². The van der Waals surface area contributed by atoms with E-state index in [0.29, 0.717) is 10.2 Å².